The zero-order chi connectivity index (χ0) is 24.8. The van der Waals surface area contributed by atoms with Crippen LogP contribution >= 0.6 is 0 Å². The van der Waals surface area contributed by atoms with E-state index in [1.54, 1.807) is 20.4 Å². The molecule has 0 unspecified atom stereocenters. The molecule has 0 aliphatic rings. The predicted octanol–water partition coefficient (Wildman–Crippen LogP) is 6.61. The first-order chi connectivity index (χ1) is 16.9. The molecule has 182 valence electrons. The van der Waals surface area contributed by atoms with E-state index < -0.39 is 8.07 Å². The SMILES string of the molecule is COc1ccc(-c2nc(-c3ccc(OC)cc3)n(COCC[Si](C)(C)C)c2-c2cccnc2)cc1. The third kappa shape index (κ3) is 5.99. The summed E-state index contributed by atoms with van der Waals surface area (Å²) >= 11 is 0. The molecule has 4 rings (SSSR count). The zero-order valence-electron chi connectivity index (χ0n) is 21.1. The fourth-order valence-corrected chi connectivity index (χ4v) is 4.58. The third-order valence-corrected chi connectivity index (χ3v) is 7.54. The number of methoxy groups -OCH3 is 2. The molecule has 2 aromatic carbocycles. The molecule has 0 fully saturated rings. The fraction of sp³-hybridized carbons (Fsp3) is 0.286. The van der Waals surface area contributed by atoms with E-state index in [9.17, 15) is 0 Å². The van der Waals surface area contributed by atoms with Crippen LogP contribution in [0.3, 0.4) is 0 Å². The molecule has 0 saturated carbocycles. The minimum atomic E-state index is -1.20. The number of pyridine rings is 1. The first-order valence-electron chi connectivity index (χ1n) is 11.8. The summed E-state index contributed by atoms with van der Waals surface area (Å²) in [5.41, 5.74) is 4.83. The van der Waals surface area contributed by atoms with Gasteiger partial charge in [0, 0.05) is 43.8 Å². The molecule has 7 heteroatoms. The van der Waals surface area contributed by atoms with Crippen molar-refractivity contribution in [3.05, 3.63) is 73.1 Å². The minimum absolute atomic E-state index is 0.402. The largest absolute Gasteiger partial charge is 0.497 e. The van der Waals surface area contributed by atoms with Crippen molar-refractivity contribution in [3.63, 3.8) is 0 Å². The van der Waals surface area contributed by atoms with Crippen molar-refractivity contribution < 1.29 is 14.2 Å². The molecule has 0 atom stereocenters. The Labute approximate surface area is 208 Å². The van der Waals surface area contributed by atoms with E-state index in [2.05, 4.69) is 35.3 Å². The van der Waals surface area contributed by atoms with E-state index in [1.165, 1.54) is 0 Å². The molecular formula is C28H33N3O3Si. The highest BCUT2D eigenvalue weighted by Crippen LogP contribution is 2.37. The Morgan fingerprint density at radius 2 is 1.43 bits per heavy atom. The van der Waals surface area contributed by atoms with Crippen molar-refractivity contribution in [2.75, 3.05) is 20.8 Å². The van der Waals surface area contributed by atoms with E-state index in [1.807, 2.05) is 60.8 Å². The molecule has 0 saturated heterocycles. The molecule has 0 spiro atoms. The van der Waals surface area contributed by atoms with Crippen LogP contribution in [-0.2, 0) is 11.5 Å². The number of benzene rings is 2. The predicted molar refractivity (Wildman–Crippen MR) is 144 cm³/mol. The van der Waals surface area contributed by atoms with Gasteiger partial charge in [0.25, 0.3) is 0 Å². The van der Waals surface area contributed by atoms with Crippen molar-refractivity contribution >= 4 is 8.07 Å². The lowest BCUT2D eigenvalue weighted by Gasteiger charge is -2.17. The van der Waals surface area contributed by atoms with Gasteiger partial charge in [-0.25, -0.2) is 4.98 Å². The Balaban J connectivity index is 1.85. The monoisotopic (exact) mass is 487 g/mol. The second kappa shape index (κ2) is 10.9. The molecule has 4 aromatic rings. The highest BCUT2D eigenvalue weighted by molar-refractivity contribution is 6.76. The molecule has 0 aliphatic heterocycles. The molecule has 0 radical (unpaired) electrons. The molecule has 6 nitrogen and oxygen atoms in total. The number of aromatic nitrogens is 3. The summed E-state index contributed by atoms with van der Waals surface area (Å²) in [5.74, 6) is 2.45. The van der Waals surface area contributed by atoms with Crippen LogP contribution in [0.1, 0.15) is 0 Å². The van der Waals surface area contributed by atoms with Gasteiger partial charge in [-0.2, -0.15) is 0 Å². The normalized spacial score (nSPS) is 11.5. The van der Waals surface area contributed by atoms with Crippen molar-refractivity contribution in [1.29, 1.82) is 0 Å². The molecular weight excluding hydrogens is 454 g/mol. The van der Waals surface area contributed by atoms with E-state index in [4.69, 9.17) is 19.2 Å². The van der Waals surface area contributed by atoms with Gasteiger partial charge in [-0.15, -0.1) is 0 Å². The maximum atomic E-state index is 6.24. The van der Waals surface area contributed by atoms with Gasteiger partial charge in [0.2, 0.25) is 0 Å². The summed E-state index contributed by atoms with van der Waals surface area (Å²) in [5, 5.41) is 0. The summed E-state index contributed by atoms with van der Waals surface area (Å²) in [6.45, 7) is 8.21. The standard InChI is InChI=1S/C28H33N3O3Si/c1-32-24-12-8-21(9-13-24)26-27(23-7-6-16-29-19-23)31(20-34-17-18-35(3,4)5)28(30-26)22-10-14-25(33-2)15-11-22/h6-16,19H,17-18,20H2,1-5H3. The summed E-state index contributed by atoms with van der Waals surface area (Å²) in [6, 6.07) is 21.1. The average Bonchev–Trinajstić information content (AvgIpc) is 3.26. The Bertz CT molecular complexity index is 1230. The van der Waals surface area contributed by atoms with Gasteiger partial charge in [0.05, 0.1) is 25.6 Å². The van der Waals surface area contributed by atoms with Gasteiger partial charge < -0.3 is 14.2 Å². The van der Waals surface area contributed by atoms with E-state index in [0.717, 1.165) is 58.1 Å². The molecule has 0 bridgehead atoms. The summed E-state index contributed by atoms with van der Waals surface area (Å²) in [6.07, 6.45) is 3.66. The lowest BCUT2D eigenvalue weighted by molar-refractivity contribution is 0.0893. The molecule has 2 heterocycles. The number of rotatable bonds is 10. The smallest absolute Gasteiger partial charge is 0.143 e. The highest BCUT2D eigenvalue weighted by Gasteiger charge is 2.22. The van der Waals surface area contributed by atoms with Crippen LogP contribution in [-0.4, -0.2) is 43.4 Å². The first-order valence-corrected chi connectivity index (χ1v) is 15.5. The fourth-order valence-electron chi connectivity index (χ4n) is 3.82. The van der Waals surface area contributed by atoms with Crippen LogP contribution in [0.25, 0.3) is 33.9 Å². The van der Waals surface area contributed by atoms with E-state index in [-0.39, 0.29) is 0 Å². The van der Waals surface area contributed by atoms with Crippen LogP contribution in [0.15, 0.2) is 73.1 Å². The number of nitrogens with zero attached hydrogens (tertiary/aromatic N) is 3. The van der Waals surface area contributed by atoms with Crippen molar-refractivity contribution in [1.82, 2.24) is 14.5 Å². The molecule has 0 N–H and O–H groups in total. The van der Waals surface area contributed by atoms with Gasteiger partial charge in [-0.3, -0.25) is 9.55 Å². The van der Waals surface area contributed by atoms with Gasteiger partial charge in [0.1, 0.15) is 24.1 Å². The molecule has 0 aliphatic carbocycles. The maximum Gasteiger partial charge on any atom is 0.143 e. The Kier molecular flexibility index (Phi) is 7.68. The Hall–Kier alpha value is -3.42. The Morgan fingerprint density at radius 3 is 1.97 bits per heavy atom. The van der Waals surface area contributed by atoms with Crippen LogP contribution < -0.4 is 9.47 Å². The molecule has 35 heavy (non-hydrogen) atoms. The van der Waals surface area contributed by atoms with Crippen LogP contribution in [0.4, 0.5) is 0 Å². The summed E-state index contributed by atoms with van der Waals surface area (Å²) in [4.78, 5) is 9.53. The summed E-state index contributed by atoms with van der Waals surface area (Å²) in [7, 11) is 2.14. The lowest BCUT2D eigenvalue weighted by atomic mass is 10.1. The minimum Gasteiger partial charge on any atom is -0.497 e. The van der Waals surface area contributed by atoms with Gasteiger partial charge in [-0.05, 0) is 66.7 Å². The quantitative estimate of drug-likeness (QED) is 0.186. The van der Waals surface area contributed by atoms with E-state index in [0.29, 0.717) is 6.73 Å². The molecule has 2 aromatic heterocycles. The topological polar surface area (TPSA) is 58.4 Å². The van der Waals surface area contributed by atoms with Crippen LogP contribution in [0.5, 0.6) is 11.5 Å². The maximum absolute atomic E-state index is 6.24. The number of ether oxygens (including phenoxy) is 3. The van der Waals surface area contributed by atoms with Gasteiger partial charge >= 0.3 is 0 Å². The Morgan fingerprint density at radius 1 is 0.800 bits per heavy atom. The average molecular weight is 488 g/mol. The van der Waals surface area contributed by atoms with Crippen molar-refractivity contribution in [3.8, 4) is 45.4 Å². The van der Waals surface area contributed by atoms with Crippen molar-refractivity contribution in [2.24, 2.45) is 0 Å². The highest BCUT2D eigenvalue weighted by atomic mass is 28.3. The lowest BCUT2D eigenvalue weighted by Crippen LogP contribution is -2.22. The first kappa shape index (κ1) is 24.7. The van der Waals surface area contributed by atoms with Crippen LogP contribution in [0.2, 0.25) is 25.7 Å². The number of hydrogen-bond donors (Lipinski definition) is 0. The number of hydrogen-bond acceptors (Lipinski definition) is 5. The zero-order valence-corrected chi connectivity index (χ0v) is 22.1. The summed E-state index contributed by atoms with van der Waals surface area (Å²) < 4.78 is 19.1. The second-order valence-corrected chi connectivity index (χ2v) is 15.2. The van der Waals surface area contributed by atoms with Gasteiger partial charge in [0.15, 0.2) is 0 Å². The second-order valence-electron chi connectivity index (χ2n) is 9.61. The van der Waals surface area contributed by atoms with Crippen LogP contribution in [0, 0.1) is 0 Å². The van der Waals surface area contributed by atoms with Crippen molar-refractivity contribution in [2.45, 2.75) is 32.4 Å². The van der Waals surface area contributed by atoms with E-state index >= 15 is 0 Å². The third-order valence-electron chi connectivity index (χ3n) is 5.83. The number of imidazole rings is 1. The molecule has 0 amide bonds. The van der Waals surface area contributed by atoms with Gasteiger partial charge in [-0.1, -0.05) is 19.6 Å².